The zero-order chi connectivity index (χ0) is 24.6. The maximum absolute atomic E-state index is 13.2. The molecular formula is C25H28N6O3. The van der Waals surface area contributed by atoms with E-state index in [-0.39, 0.29) is 12.5 Å². The zero-order valence-electron chi connectivity index (χ0n) is 19.8. The molecule has 0 fully saturated rings. The SMILES string of the molecule is Cn1c(-c2nc(N)ncc2C#CC2=CC(N)=CCC2)cc2c1CCN(C(=O)OC(C)(C)C)C2=O. The highest BCUT2D eigenvalue weighted by Crippen LogP contribution is 2.30. The van der Waals surface area contributed by atoms with E-state index in [2.05, 4.69) is 21.8 Å². The minimum atomic E-state index is -0.695. The standard InChI is InChI=1S/C25H28N6O3/c1-25(2,3)34-24(33)31-11-10-19-18(22(31)32)13-20(30(19)4)21-16(14-28-23(27)29-21)9-8-15-6-5-7-17(26)12-15/h7,12-14H,5-6,10-11,26H2,1-4H3,(H2,27,28,29). The molecule has 2 aromatic rings. The molecule has 2 amide bonds. The van der Waals surface area contributed by atoms with Crippen molar-refractivity contribution in [3.8, 4) is 23.2 Å². The average Bonchev–Trinajstić information content (AvgIpc) is 3.09. The third-order valence-corrected chi connectivity index (χ3v) is 5.56. The fourth-order valence-electron chi connectivity index (χ4n) is 3.97. The van der Waals surface area contributed by atoms with E-state index in [9.17, 15) is 9.59 Å². The summed E-state index contributed by atoms with van der Waals surface area (Å²) in [6.45, 7) is 5.53. The molecule has 9 nitrogen and oxygen atoms in total. The van der Waals surface area contributed by atoms with Crippen LogP contribution in [0.1, 0.15) is 55.2 Å². The number of allylic oxidation sites excluding steroid dienone is 3. The summed E-state index contributed by atoms with van der Waals surface area (Å²) >= 11 is 0. The molecule has 4 rings (SSSR count). The fraction of sp³-hybridized carbons (Fsp3) is 0.360. The number of hydrogen-bond acceptors (Lipinski definition) is 7. The molecule has 0 saturated carbocycles. The molecule has 176 valence electrons. The van der Waals surface area contributed by atoms with Crippen LogP contribution >= 0.6 is 0 Å². The molecule has 4 N–H and O–H groups in total. The number of nitrogen functional groups attached to an aromatic ring is 1. The van der Waals surface area contributed by atoms with Gasteiger partial charge in [0.1, 0.15) is 11.3 Å². The van der Waals surface area contributed by atoms with Gasteiger partial charge in [-0.15, -0.1) is 0 Å². The zero-order valence-corrected chi connectivity index (χ0v) is 19.8. The second-order valence-corrected chi connectivity index (χ2v) is 9.29. The monoisotopic (exact) mass is 460 g/mol. The molecule has 0 radical (unpaired) electrons. The van der Waals surface area contributed by atoms with Crippen molar-refractivity contribution in [2.75, 3.05) is 12.3 Å². The van der Waals surface area contributed by atoms with E-state index in [0.29, 0.717) is 34.6 Å². The van der Waals surface area contributed by atoms with E-state index in [4.69, 9.17) is 16.2 Å². The van der Waals surface area contributed by atoms with Crippen molar-refractivity contribution < 1.29 is 14.3 Å². The van der Waals surface area contributed by atoms with Crippen LogP contribution in [0, 0.1) is 11.8 Å². The second-order valence-electron chi connectivity index (χ2n) is 9.29. The number of carbonyl (C=O) groups is 2. The van der Waals surface area contributed by atoms with Crippen molar-refractivity contribution in [1.82, 2.24) is 19.4 Å². The Morgan fingerprint density at radius 3 is 2.68 bits per heavy atom. The molecule has 0 atom stereocenters. The number of rotatable bonds is 1. The van der Waals surface area contributed by atoms with Crippen LogP contribution in [0.2, 0.25) is 0 Å². The maximum Gasteiger partial charge on any atom is 0.417 e. The van der Waals surface area contributed by atoms with E-state index in [1.165, 1.54) is 0 Å². The topological polar surface area (TPSA) is 129 Å². The highest BCUT2D eigenvalue weighted by molar-refractivity contribution is 6.05. The van der Waals surface area contributed by atoms with E-state index < -0.39 is 17.6 Å². The largest absolute Gasteiger partial charge is 0.443 e. The van der Waals surface area contributed by atoms with Crippen molar-refractivity contribution in [3.05, 3.63) is 52.5 Å². The first-order chi connectivity index (χ1) is 16.0. The van der Waals surface area contributed by atoms with Gasteiger partial charge in [0.15, 0.2) is 0 Å². The summed E-state index contributed by atoms with van der Waals surface area (Å²) in [6.07, 6.45) is 6.91. The number of carbonyl (C=O) groups excluding carboxylic acids is 2. The molecular weight excluding hydrogens is 432 g/mol. The molecule has 1 aliphatic carbocycles. The van der Waals surface area contributed by atoms with Gasteiger partial charge in [-0.2, -0.15) is 0 Å². The van der Waals surface area contributed by atoms with Crippen LogP contribution in [0.3, 0.4) is 0 Å². The number of fused-ring (bicyclic) bond motifs is 1. The molecule has 0 saturated heterocycles. The molecule has 34 heavy (non-hydrogen) atoms. The normalized spacial score (nSPS) is 15.6. The van der Waals surface area contributed by atoms with Gasteiger partial charge in [-0.1, -0.05) is 17.9 Å². The lowest BCUT2D eigenvalue weighted by Crippen LogP contribution is -2.44. The Bertz CT molecular complexity index is 1300. The van der Waals surface area contributed by atoms with Crippen LogP contribution in [0.5, 0.6) is 0 Å². The lowest BCUT2D eigenvalue weighted by Gasteiger charge is -2.28. The molecule has 0 aromatic carbocycles. The van der Waals surface area contributed by atoms with Gasteiger partial charge < -0.3 is 20.8 Å². The molecule has 0 unspecified atom stereocenters. The Labute approximate surface area is 198 Å². The van der Waals surface area contributed by atoms with Crippen LogP contribution in [0.15, 0.2) is 35.7 Å². The number of imide groups is 1. The van der Waals surface area contributed by atoms with E-state index in [1.807, 2.05) is 23.8 Å². The van der Waals surface area contributed by atoms with Gasteiger partial charge in [0.25, 0.3) is 5.91 Å². The molecule has 2 aliphatic rings. The molecule has 0 bridgehead atoms. The number of aromatic nitrogens is 3. The van der Waals surface area contributed by atoms with Crippen LogP contribution in [-0.4, -0.2) is 43.6 Å². The predicted octanol–water partition coefficient (Wildman–Crippen LogP) is 2.91. The third kappa shape index (κ3) is 4.66. The maximum atomic E-state index is 13.2. The summed E-state index contributed by atoms with van der Waals surface area (Å²) in [7, 11) is 1.86. The first kappa shape index (κ1) is 23.1. The van der Waals surface area contributed by atoms with E-state index in [1.54, 1.807) is 33.0 Å². The molecule has 3 heterocycles. The molecule has 9 heteroatoms. The second kappa shape index (κ2) is 8.71. The van der Waals surface area contributed by atoms with Gasteiger partial charge in [-0.05, 0) is 45.8 Å². The quantitative estimate of drug-likeness (QED) is 0.626. The van der Waals surface area contributed by atoms with Crippen LogP contribution in [0.4, 0.5) is 10.7 Å². The van der Waals surface area contributed by atoms with Crippen molar-refractivity contribution in [2.45, 2.75) is 45.6 Å². The first-order valence-electron chi connectivity index (χ1n) is 11.1. The number of hydrogen-bond donors (Lipinski definition) is 2. The molecule has 1 aliphatic heterocycles. The minimum absolute atomic E-state index is 0.102. The third-order valence-electron chi connectivity index (χ3n) is 5.56. The summed E-state index contributed by atoms with van der Waals surface area (Å²) in [5.41, 5.74) is 15.7. The van der Waals surface area contributed by atoms with Crippen LogP contribution in [-0.2, 0) is 18.2 Å². The van der Waals surface area contributed by atoms with Crippen LogP contribution < -0.4 is 11.5 Å². The summed E-state index contributed by atoms with van der Waals surface area (Å²) < 4.78 is 7.30. The lowest BCUT2D eigenvalue weighted by molar-refractivity contribution is 0.0232. The Kier molecular flexibility index (Phi) is 5.92. The minimum Gasteiger partial charge on any atom is -0.443 e. The van der Waals surface area contributed by atoms with Gasteiger partial charge in [0.05, 0.1) is 16.8 Å². The first-order valence-corrected chi connectivity index (χ1v) is 11.1. The Balaban J connectivity index is 1.71. The number of anilines is 1. The van der Waals surface area contributed by atoms with Gasteiger partial charge in [-0.3, -0.25) is 4.79 Å². The predicted molar refractivity (Wildman–Crippen MR) is 128 cm³/mol. The average molecular weight is 461 g/mol. The van der Waals surface area contributed by atoms with Crippen molar-refractivity contribution in [1.29, 1.82) is 0 Å². The Hall–Kier alpha value is -4.06. The smallest absolute Gasteiger partial charge is 0.417 e. The molecule has 0 spiro atoms. The van der Waals surface area contributed by atoms with Crippen molar-refractivity contribution >= 4 is 17.9 Å². The molecule has 2 aromatic heterocycles. The number of ether oxygens (including phenoxy) is 1. The van der Waals surface area contributed by atoms with Gasteiger partial charge in [-0.25, -0.2) is 19.7 Å². The van der Waals surface area contributed by atoms with Gasteiger partial charge >= 0.3 is 6.09 Å². The highest BCUT2D eigenvalue weighted by Gasteiger charge is 2.35. The number of nitrogens with zero attached hydrogens (tertiary/aromatic N) is 4. The number of amides is 2. The van der Waals surface area contributed by atoms with Gasteiger partial charge in [0, 0.05) is 43.2 Å². The summed E-state index contributed by atoms with van der Waals surface area (Å²) in [5, 5.41) is 0. The van der Waals surface area contributed by atoms with Gasteiger partial charge in [0.2, 0.25) is 5.95 Å². The highest BCUT2D eigenvalue weighted by atomic mass is 16.6. The van der Waals surface area contributed by atoms with Crippen molar-refractivity contribution in [2.24, 2.45) is 12.8 Å². The summed E-state index contributed by atoms with van der Waals surface area (Å²) in [6, 6.07) is 1.72. The van der Waals surface area contributed by atoms with Crippen molar-refractivity contribution in [3.63, 3.8) is 0 Å². The Morgan fingerprint density at radius 1 is 1.21 bits per heavy atom. The lowest BCUT2D eigenvalue weighted by atomic mass is 10.0. The Morgan fingerprint density at radius 2 is 1.97 bits per heavy atom. The summed E-state index contributed by atoms with van der Waals surface area (Å²) in [4.78, 5) is 35.4. The summed E-state index contributed by atoms with van der Waals surface area (Å²) in [5.74, 6) is 5.99. The fourth-order valence-corrected chi connectivity index (χ4v) is 3.97. The van der Waals surface area contributed by atoms with E-state index >= 15 is 0 Å². The number of nitrogens with two attached hydrogens (primary N) is 2. The van der Waals surface area contributed by atoms with E-state index in [0.717, 1.165) is 29.0 Å². The van der Waals surface area contributed by atoms with Crippen LogP contribution in [0.25, 0.3) is 11.4 Å².